The van der Waals surface area contributed by atoms with Crippen LogP contribution in [0.25, 0.3) is 0 Å². The minimum absolute atomic E-state index is 0.107. The highest BCUT2D eigenvalue weighted by Crippen LogP contribution is 2.11. The van der Waals surface area contributed by atoms with Gasteiger partial charge in [-0.3, -0.25) is 0 Å². The zero-order chi connectivity index (χ0) is 19.4. The number of hydrogen-bond donors (Lipinski definition) is 2. The number of aromatic nitrogens is 2. The molecule has 1 heterocycles. The number of alkyl carbamates (subject to hydrolysis) is 1. The Morgan fingerprint density at radius 3 is 2.20 bits per heavy atom. The van der Waals surface area contributed by atoms with E-state index in [-0.39, 0.29) is 6.42 Å². The van der Waals surface area contributed by atoms with Gasteiger partial charge in [0.1, 0.15) is 23.6 Å². The Kier molecular flexibility index (Phi) is 6.17. The third-order valence-electron chi connectivity index (χ3n) is 2.64. The Bertz CT molecular complexity index is 639. The van der Waals surface area contributed by atoms with Gasteiger partial charge in [-0.2, -0.15) is 0 Å². The predicted molar refractivity (Wildman–Crippen MR) is 88.4 cm³/mol. The van der Waals surface area contributed by atoms with Crippen LogP contribution in [0.3, 0.4) is 0 Å². The van der Waals surface area contributed by atoms with Crippen LogP contribution in [-0.4, -0.2) is 50.1 Å². The molecule has 0 spiro atoms. The topological polar surface area (TPSA) is 120 Å². The summed E-state index contributed by atoms with van der Waals surface area (Å²) in [6.07, 6.45) is 1.02. The number of carboxylic acids is 1. The molecule has 0 aromatic carbocycles. The first-order valence-electron chi connectivity index (χ1n) is 7.75. The van der Waals surface area contributed by atoms with E-state index in [1.165, 1.54) is 12.5 Å². The number of carbonyl (C=O) groups is 3. The smallest absolute Gasteiger partial charge is 0.419 e. The van der Waals surface area contributed by atoms with Crippen molar-refractivity contribution >= 4 is 18.2 Å². The Labute approximate surface area is 146 Å². The summed E-state index contributed by atoms with van der Waals surface area (Å²) >= 11 is 0. The van der Waals surface area contributed by atoms with Crippen molar-refractivity contribution in [1.29, 1.82) is 0 Å². The molecule has 1 aromatic rings. The van der Waals surface area contributed by atoms with Crippen LogP contribution in [-0.2, 0) is 20.7 Å². The van der Waals surface area contributed by atoms with E-state index in [2.05, 4.69) is 10.3 Å². The van der Waals surface area contributed by atoms with Gasteiger partial charge in [0.25, 0.3) is 0 Å². The fourth-order valence-electron chi connectivity index (χ4n) is 1.74. The van der Waals surface area contributed by atoms with Crippen LogP contribution in [0.2, 0.25) is 0 Å². The molecule has 0 aliphatic heterocycles. The maximum atomic E-state index is 11.9. The van der Waals surface area contributed by atoms with Crippen LogP contribution >= 0.6 is 0 Å². The van der Waals surface area contributed by atoms with Gasteiger partial charge in [-0.1, -0.05) is 0 Å². The number of carbonyl (C=O) groups excluding carboxylic acids is 2. The van der Waals surface area contributed by atoms with Gasteiger partial charge in [-0.15, -0.1) is 0 Å². The highest BCUT2D eigenvalue weighted by molar-refractivity contribution is 5.80. The molecule has 0 fully saturated rings. The van der Waals surface area contributed by atoms with E-state index < -0.39 is 35.4 Å². The van der Waals surface area contributed by atoms with Gasteiger partial charge in [0.05, 0.1) is 5.69 Å². The van der Waals surface area contributed by atoms with Gasteiger partial charge in [-0.05, 0) is 41.5 Å². The number of nitrogens with zero attached hydrogens (tertiary/aromatic N) is 2. The molecular formula is C16H25N3O6. The van der Waals surface area contributed by atoms with Gasteiger partial charge < -0.3 is 19.9 Å². The van der Waals surface area contributed by atoms with Crippen molar-refractivity contribution in [3.05, 3.63) is 18.2 Å². The van der Waals surface area contributed by atoms with Crippen molar-refractivity contribution < 1.29 is 29.0 Å². The van der Waals surface area contributed by atoms with Crippen molar-refractivity contribution in [2.75, 3.05) is 0 Å². The average Bonchev–Trinajstić information content (AvgIpc) is 2.82. The second kappa shape index (κ2) is 7.54. The third-order valence-corrected chi connectivity index (χ3v) is 2.64. The summed E-state index contributed by atoms with van der Waals surface area (Å²) in [5.74, 6) is -1.24. The molecule has 2 N–H and O–H groups in total. The van der Waals surface area contributed by atoms with Crippen LogP contribution < -0.4 is 5.32 Å². The lowest BCUT2D eigenvalue weighted by atomic mass is 10.1. The maximum absolute atomic E-state index is 11.9. The normalized spacial score (nSPS) is 13.0. The quantitative estimate of drug-likeness (QED) is 0.849. The van der Waals surface area contributed by atoms with E-state index >= 15 is 0 Å². The SMILES string of the molecule is CC(C)(C)OC(=O)NC(Cc1cn(C(=O)OC(C)(C)C)cn1)C(=O)O. The molecule has 0 aliphatic carbocycles. The minimum atomic E-state index is -1.24. The van der Waals surface area contributed by atoms with Gasteiger partial charge in [0, 0.05) is 12.6 Å². The maximum Gasteiger partial charge on any atom is 0.419 e. The van der Waals surface area contributed by atoms with Gasteiger partial charge in [0.2, 0.25) is 0 Å². The number of imidazole rings is 1. The Balaban J connectivity index is 2.76. The van der Waals surface area contributed by atoms with Crippen molar-refractivity contribution in [2.24, 2.45) is 0 Å². The zero-order valence-corrected chi connectivity index (χ0v) is 15.3. The highest BCUT2D eigenvalue weighted by Gasteiger charge is 2.25. The van der Waals surface area contributed by atoms with Gasteiger partial charge in [0.15, 0.2) is 0 Å². The second-order valence-electron chi connectivity index (χ2n) is 7.49. The molecule has 9 nitrogen and oxygen atoms in total. The number of ether oxygens (including phenoxy) is 2. The lowest BCUT2D eigenvalue weighted by Gasteiger charge is -2.21. The fourth-order valence-corrected chi connectivity index (χ4v) is 1.74. The molecule has 0 radical (unpaired) electrons. The van der Waals surface area contributed by atoms with Crippen molar-refractivity contribution in [2.45, 2.75) is 65.2 Å². The number of aliphatic carboxylic acids is 1. The summed E-state index contributed by atoms with van der Waals surface area (Å²) < 4.78 is 11.3. The monoisotopic (exact) mass is 355 g/mol. The van der Waals surface area contributed by atoms with Gasteiger partial charge >= 0.3 is 18.2 Å². The van der Waals surface area contributed by atoms with Crippen LogP contribution in [0.1, 0.15) is 47.2 Å². The predicted octanol–water partition coefficient (Wildman–Crippen LogP) is 2.19. The zero-order valence-electron chi connectivity index (χ0n) is 15.3. The first-order valence-corrected chi connectivity index (χ1v) is 7.75. The van der Waals surface area contributed by atoms with E-state index in [1.807, 2.05) is 0 Å². The summed E-state index contributed by atoms with van der Waals surface area (Å²) in [6.45, 7) is 10.2. The van der Waals surface area contributed by atoms with E-state index in [0.717, 1.165) is 4.57 Å². The Hall–Kier alpha value is -2.58. The van der Waals surface area contributed by atoms with Gasteiger partial charge in [-0.25, -0.2) is 23.9 Å². The van der Waals surface area contributed by atoms with Crippen LogP contribution in [0, 0.1) is 0 Å². The summed E-state index contributed by atoms with van der Waals surface area (Å²) in [6, 6.07) is -1.24. The largest absolute Gasteiger partial charge is 0.480 e. The van der Waals surface area contributed by atoms with E-state index in [0.29, 0.717) is 5.69 Å². The van der Waals surface area contributed by atoms with Crippen molar-refractivity contribution in [3.63, 3.8) is 0 Å². The number of amides is 1. The number of nitrogens with one attached hydrogen (secondary N) is 1. The number of rotatable bonds is 4. The standard InChI is InChI=1S/C16H25N3O6/c1-15(2,3)24-13(22)18-11(12(20)21)7-10-8-19(9-17-10)14(23)25-16(4,5)6/h8-9,11H,7H2,1-6H3,(H,18,22)(H,20,21). The van der Waals surface area contributed by atoms with Crippen LogP contribution in [0.15, 0.2) is 12.5 Å². The molecule has 1 rings (SSSR count). The highest BCUT2D eigenvalue weighted by atomic mass is 16.6. The molecule has 0 saturated heterocycles. The van der Waals surface area contributed by atoms with E-state index in [4.69, 9.17) is 9.47 Å². The molecule has 1 atom stereocenters. The molecule has 1 unspecified atom stereocenters. The molecular weight excluding hydrogens is 330 g/mol. The summed E-state index contributed by atoms with van der Waals surface area (Å²) in [5, 5.41) is 11.5. The molecule has 25 heavy (non-hydrogen) atoms. The van der Waals surface area contributed by atoms with Crippen molar-refractivity contribution in [3.8, 4) is 0 Å². The first-order chi connectivity index (χ1) is 11.3. The molecule has 9 heteroatoms. The molecule has 140 valence electrons. The number of hydrogen-bond acceptors (Lipinski definition) is 6. The summed E-state index contributed by atoms with van der Waals surface area (Å²) in [5.41, 5.74) is -1.09. The average molecular weight is 355 g/mol. The third kappa shape index (κ3) is 7.69. The van der Waals surface area contributed by atoms with E-state index in [1.54, 1.807) is 41.5 Å². The second-order valence-corrected chi connectivity index (χ2v) is 7.49. The lowest BCUT2D eigenvalue weighted by molar-refractivity contribution is -0.139. The lowest BCUT2D eigenvalue weighted by Crippen LogP contribution is -2.44. The van der Waals surface area contributed by atoms with Crippen molar-refractivity contribution in [1.82, 2.24) is 14.9 Å². The first kappa shape index (κ1) is 20.5. The summed E-state index contributed by atoms with van der Waals surface area (Å²) in [7, 11) is 0. The molecule has 0 aliphatic rings. The molecule has 1 amide bonds. The minimum Gasteiger partial charge on any atom is -0.480 e. The fraction of sp³-hybridized carbons (Fsp3) is 0.625. The van der Waals surface area contributed by atoms with Crippen LogP contribution in [0.4, 0.5) is 9.59 Å². The molecule has 1 aromatic heterocycles. The Morgan fingerprint density at radius 2 is 1.72 bits per heavy atom. The molecule has 0 bridgehead atoms. The summed E-state index contributed by atoms with van der Waals surface area (Å²) in [4.78, 5) is 39.0. The van der Waals surface area contributed by atoms with Crippen LogP contribution in [0.5, 0.6) is 0 Å². The van der Waals surface area contributed by atoms with E-state index in [9.17, 15) is 19.5 Å². The molecule has 0 saturated carbocycles. The number of carboxylic acid groups (broad SMARTS) is 1. The Morgan fingerprint density at radius 1 is 1.16 bits per heavy atom.